The zero-order chi connectivity index (χ0) is 15.5. The smallest absolute Gasteiger partial charge is 0.356 e. The quantitative estimate of drug-likeness (QED) is 0.815. The Bertz CT molecular complexity index is 675. The van der Waals surface area contributed by atoms with Gasteiger partial charge in [-0.15, -0.1) is 0 Å². The van der Waals surface area contributed by atoms with E-state index in [0.717, 1.165) is 25.1 Å². The summed E-state index contributed by atoms with van der Waals surface area (Å²) in [6, 6.07) is 8.25. The summed E-state index contributed by atoms with van der Waals surface area (Å²) in [4.78, 5) is 21.8. The molecule has 1 aliphatic rings. The number of benzene rings is 1. The van der Waals surface area contributed by atoms with Crippen LogP contribution >= 0.6 is 0 Å². The van der Waals surface area contributed by atoms with Gasteiger partial charge in [0.05, 0.1) is 7.11 Å². The van der Waals surface area contributed by atoms with Crippen molar-refractivity contribution in [3.05, 3.63) is 53.7 Å². The van der Waals surface area contributed by atoms with Crippen LogP contribution in [-0.2, 0) is 4.74 Å². The van der Waals surface area contributed by atoms with Gasteiger partial charge < -0.3 is 9.64 Å². The Morgan fingerprint density at radius 1 is 1.32 bits per heavy atom. The van der Waals surface area contributed by atoms with E-state index in [2.05, 4.69) is 19.6 Å². The Balaban J connectivity index is 1.75. The average Bonchev–Trinajstić information content (AvgIpc) is 3.05. The summed E-state index contributed by atoms with van der Waals surface area (Å²) in [5.41, 5.74) is 1.36. The number of rotatable bonds is 3. The summed E-state index contributed by atoms with van der Waals surface area (Å²) < 4.78 is 17.7. The van der Waals surface area contributed by atoms with Crippen molar-refractivity contribution < 1.29 is 13.9 Å². The van der Waals surface area contributed by atoms with E-state index in [1.165, 1.54) is 25.6 Å². The standard InChI is InChI=1S/C16H16FN3O2/c1-22-16(21)14-8-15(19-10-18-14)20-7-6-12(9-20)11-2-4-13(17)5-3-11/h2-5,8,10,12H,6-7,9H2,1H3. The van der Waals surface area contributed by atoms with Crippen LogP contribution in [-0.4, -0.2) is 36.1 Å². The van der Waals surface area contributed by atoms with Crippen LogP contribution in [0.3, 0.4) is 0 Å². The normalized spacial score (nSPS) is 17.5. The van der Waals surface area contributed by atoms with Gasteiger partial charge in [0, 0.05) is 25.1 Å². The lowest BCUT2D eigenvalue weighted by molar-refractivity contribution is 0.0594. The summed E-state index contributed by atoms with van der Waals surface area (Å²) in [5, 5.41) is 0. The van der Waals surface area contributed by atoms with Crippen LogP contribution in [0.1, 0.15) is 28.4 Å². The first-order valence-electron chi connectivity index (χ1n) is 7.08. The third kappa shape index (κ3) is 2.90. The van der Waals surface area contributed by atoms with Gasteiger partial charge in [-0.05, 0) is 24.1 Å². The van der Waals surface area contributed by atoms with Crippen LogP contribution in [0, 0.1) is 5.82 Å². The highest BCUT2D eigenvalue weighted by Crippen LogP contribution is 2.30. The second kappa shape index (κ2) is 6.09. The predicted octanol–water partition coefficient (Wildman–Crippen LogP) is 2.40. The highest BCUT2D eigenvalue weighted by atomic mass is 19.1. The summed E-state index contributed by atoms with van der Waals surface area (Å²) in [6.45, 7) is 1.61. The largest absolute Gasteiger partial charge is 0.464 e. The van der Waals surface area contributed by atoms with E-state index in [9.17, 15) is 9.18 Å². The minimum absolute atomic E-state index is 0.225. The molecule has 0 N–H and O–H groups in total. The first-order valence-corrected chi connectivity index (χ1v) is 7.08. The number of methoxy groups -OCH3 is 1. The zero-order valence-corrected chi connectivity index (χ0v) is 12.2. The van der Waals surface area contributed by atoms with Gasteiger partial charge >= 0.3 is 5.97 Å². The molecule has 6 heteroatoms. The number of aromatic nitrogens is 2. The summed E-state index contributed by atoms with van der Waals surface area (Å²) in [7, 11) is 1.32. The number of hydrogen-bond donors (Lipinski definition) is 0. The lowest BCUT2D eigenvalue weighted by Crippen LogP contribution is -2.21. The van der Waals surface area contributed by atoms with Crippen molar-refractivity contribution in [3.63, 3.8) is 0 Å². The lowest BCUT2D eigenvalue weighted by Gasteiger charge is -2.17. The molecule has 0 radical (unpaired) electrons. The maximum Gasteiger partial charge on any atom is 0.356 e. The van der Waals surface area contributed by atoms with Crippen molar-refractivity contribution in [3.8, 4) is 0 Å². The third-order valence-corrected chi connectivity index (χ3v) is 3.90. The Morgan fingerprint density at radius 2 is 2.09 bits per heavy atom. The molecular weight excluding hydrogens is 285 g/mol. The number of nitrogens with zero attached hydrogens (tertiary/aromatic N) is 3. The maximum absolute atomic E-state index is 13.0. The van der Waals surface area contributed by atoms with Gasteiger partial charge in [-0.3, -0.25) is 0 Å². The summed E-state index contributed by atoms with van der Waals surface area (Å²) in [5.74, 6) is 0.340. The molecule has 1 aromatic heterocycles. The van der Waals surface area contributed by atoms with Crippen molar-refractivity contribution in [1.82, 2.24) is 9.97 Å². The Kier molecular flexibility index (Phi) is 4.00. The van der Waals surface area contributed by atoms with Gasteiger partial charge in [-0.25, -0.2) is 19.2 Å². The van der Waals surface area contributed by atoms with E-state index in [4.69, 9.17) is 0 Å². The van der Waals surface area contributed by atoms with Crippen LogP contribution in [0.15, 0.2) is 36.7 Å². The average molecular weight is 301 g/mol. The topological polar surface area (TPSA) is 55.3 Å². The maximum atomic E-state index is 13.0. The first kappa shape index (κ1) is 14.4. The molecule has 1 aliphatic heterocycles. The van der Waals surface area contributed by atoms with Crippen molar-refractivity contribution >= 4 is 11.8 Å². The zero-order valence-electron chi connectivity index (χ0n) is 12.2. The number of ether oxygens (including phenoxy) is 1. The molecule has 0 aliphatic carbocycles. The molecule has 2 aromatic rings. The molecule has 114 valence electrons. The molecule has 0 saturated carbocycles. The van der Waals surface area contributed by atoms with E-state index < -0.39 is 5.97 Å². The number of carbonyl (C=O) groups excluding carboxylic acids is 1. The fraction of sp³-hybridized carbons (Fsp3) is 0.312. The number of halogens is 1. The number of anilines is 1. The summed E-state index contributed by atoms with van der Waals surface area (Å²) >= 11 is 0. The molecule has 0 bridgehead atoms. The van der Waals surface area contributed by atoms with Crippen molar-refractivity contribution in [1.29, 1.82) is 0 Å². The van der Waals surface area contributed by atoms with Crippen LogP contribution in [0.5, 0.6) is 0 Å². The van der Waals surface area contributed by atoms with Gasteiger partial charge in [0.25, 0.3) is 0 Å². The van der Waals surface area contributed by atoms with Gasteiger partial charge in [-0.1, -0.05) is 12.1 Å². The molecule has 0 amide bonds. The molecule has 0 spiro atoms. The SMILES string of the molecule is COC(=O)c1cc(N2CCC(c3ccc(F)cc3)C2)ncn1. The molecule has 3 rings (SSSR count). The van der Waals surface area contributed by atoms with Crippen molar-refractivity contribution in [2.45, 2.75) is 12.3 Å². The monoisotopic (exact) mass is 301 g/mol. The second-order valence-electron chi connectivity index (χ2n) is 5.24. The first-order chi connectivity index (χ1) is 10.7. The molecule has 1 aromatic carbocycles. The number of esters is 1. The third-order valence-electron chi connectivity index (χ3n) is 3.90. The summed E-state index contributed by atoms with van der Waals surface area (Å²) in [6.07, 6.45) is 2.33. The lowest BCUT2D eigenvalue weighted by atomic mass is 9.99. The van der Waals surface area contributed by atoms with Crippen LogP contribution in [0.25, 0.3) is 0 Å². The molecule has 1 unspecified atom stereocenters. The Morgan fingerprint density at radius 3 is 2.82 bits per heavy atom. The van der Waals surface area contributed by atoms with E-state index in [-0.39, 0.29) is 11.5 Å². The second-order valence-corrected chi connectivity index (χ2v) is 5.24. The van der Waals surface area contributed by atoms with Crippen LogP contribution < -0.4 is 4.90 Å². The van der Waals surface area contributed by atoms with E-state index in [1.807, 2.05) is 12.1 Å². The highest BCUT2D eigenvalue weighted by Gasteiger charge is 2.25. The number of carbonyl (C=O) groups is 1. The Labute approximate surface area is 127 Å². The number of hydrogen-bond acceptors (Lipinski definition) is 5. The van der Waals surface area contributed by atoms with E-state index in [0.29, 0.717) is 11.7 Å². The van der Waals surface area contributed by atoms with E-state index in [1.54, 1.807) is 6.07 Å². The molecule has 1 atom stereocenters. The molecule has 5 nitrogen and oxygen atoms in total. The van der Waals surface area contributed by atoms with Gasteiger partial charge in [0.2, 0.25) is 0 Å². The fourth-order valence-electron chi connectivity index (χ4n) is 2.71. The molecule has 1 saturated heterocycles. The molecule has 22 heavy (non-hydrogen) atoms. The van der Waals surface area contributed by atoms with Crippen LogP contribution in [0.4, 0.5) is 10.2 Å². The van der Waals surface area contributed by atoms with E-state index >= 15 is 0 Å². The van der Waals surface area contributed by atoms with Gasteiger partial charge in [0.1, 0.15) is 18.0 Å². The molecule has 1 fully saturated rings. The Hall–Kier alpha value is -2.50. The predicted molar refractivity (Wildman–Crippen MR) is 79.3 cm³/mol. The van der Waals surface area contributed by atoms with Crippen molar-refractivity contribution in [2.24, 2.45) is 0 Å². The highest BCUT2D eigenvalue weighted by molar-refractivity contribution is 5.87. The molecular formula is C16H16FN3O2. The van der Waals surface area contributed by atoms with Gasteiger partial charge in [-0.2, -0.15) is 0 Å². The minimum atomic E-state index is -0.474. The van der Waals surface area contributed by atoms with Gasteiger partial charge in [0.15, 0.2) is 5.69 Å². The van der Waals surface area contributed by atoms with Crippen LogP contribution in [0.2, 0.25) is 0 Å². The fourth-order valence-corrected chi connectivity index (χ4v) is 2.71. The molecule has 2 heterocycles. The minimum Gasteiger partial charge on any atom is -0.464 e. The van der Waals surface area contributed by atoms with Crippen molar-refractivity contribution in [2.75, 3.05) is 25.1 Å².